The second-order valence-corrected chi connectivity index (χ2v) is 4.02. The van der Waals surface area contributed by atoms with E-state index >= 15 is 0 Å². The van der Waals surface area contributed by atoms with E-state index in [1.165, 1.54) is 0 Å². The Bertz CT molecular complexity index is 202. The zero-order chi connectivity index (χ0) is 8.22. The summed E-state index contributed by atoms with van der Waals surface area (Å²) in [6.07, 6.45) is 0. The van der Waals surface area contributed by atoms with Gasteiger partial charge in [-0.3, -0.25) is 4.79 Å². The molecule has 0 spiro atoms. The van der Waals surface area contributed by atoms with Crippen LogP contribution in [-0.4, -0.2) is 36.1 Å². The van der Waals surface area contributed by atoms with Gasteiger partial charge in [-0.05, 0) is 25.8 Å². The Morgan fingerprint density at radius 3 is 2.36 bits per heavy atom. The van der Waals surface area contributed by atoms with Crippen molar-refractivity contribution < 1.29 is 9.90 Å². The van der Waals surface area contributed by atoms with Crippen molar-refractivity contribution in [2.24, 2.45) is 17.3 Å². The van der Waals surface area contributed by atoms with Crippen LogP contribution in [0.2, 0.25) is 0 Å². The van der Waals surface area contributed by atoms with Crippen LogP contribution in [0.3, 0.4) is 0 Å². The van der Waals surface area contributed by atoms with Gasteiger partial charge in [-0.2, -0.15) is 0 Å². The zero-order valence-electron chi connectivity index (χ0n) is 6.87. The van der Waals surface area contributed by atoms with E-state index < -0.39 is 5.97 Å². The van der Waals surface area contributed by atoms with Crippen LogP contribution in [0.1, 0.15) is 6.92 Å². The lowest BCUT2D eigenvalue weighted by molar-refractivity contribution is -0.144. The molecule has 0 radical (unpaired) electrons. The maximum absolute atomic E-state index is 10.8. The van der Waals surface area contributed by atoms with Gasteiger partial charge in [-0.1, -0.05) is 0 Å². The van der Waals surface area contributed by atoms with E-state index in [1.54, 1.807) is 0 Å². The molecule has 0 aromatic rings. The van der Waals surface area contributed by atoms with Crippen LogP contribution >= 0.6 is 0 Å². The second kappa shape index (κ2) is 1.78. The van der Waals surface area contributed by atoms with Crippen LogP contribution in [0.25, 0.3) is 0 Å². The fourth-order valence-electron chi connectivity index (χ4n) is 2.40. The summed E-state index contributed by atoms with van der Waals surface area (Å²) in [6.45, 7) is 3.80. The van der Waals surface area contributed by atoms with Crippen molar-refractivity contribution in [2.45, 2.75) is 6.92 Å². The first-order valence-corrected chi connectivity index (χ1v) is 3.98. The van der Waals surface area contributed by atoms with Gasteiger partial charge in [0.05, 0.1) is 5.41 Å². The quantitative estimate of drug-likeness (QED) is 0.591. The number of rotatable bonds is 1. The molecule has 1 aliphatic heterocycles. The normalized spacial score (nSPS) is 48.9. The molecule has 0 amide bonds. The Hall–Kier alpha value is -0.570. The minimum absolute atomic E-state index is 0.382. The lowest BCUT2D eigenvalue weighted by atomic mass is 10.0. The van der Waals surface area contributed by atoms with Gasteiger partial charge >= 0.3 is 5.97 Å². The first-order chi connectivity index (χ1) is 5.06. The molecule has 1 aliphatic carbocycles. The number of piperidine rings is 1. The highest BCUT2D eigenvalue weighted by Crippen LogP contribution is 2.62. The summed E-state index contributed by atoms with van der Waals surface area (Å²) in [6, 6.07) is 0. The van der Waals surface area contributed by atoms with Crippen molar-refractivity contribution in [3.8, 4) is 0 Å². The average Bonchev–Trinajstić information content (AvgIpc) is 2.38. The number of carboxylic acid groups (broad SMARTS) is 1. The molecule has 2 rings (SSSR count). The van der Waals surface area contributed by atoms with Crippen molar-refractivity contribution in [1.29, 1.82) is 0 Å². The molecule has 2 fully saturated rings. The summed E-state index contributed by atoms with van der Waals surface area (Å²) in [7, 11) is 2.05. The van der Waals surface area contributed by atoms with E-state index in [4.69, 9.17) is 5.11 Å². The molecule has 2 aliphatic rings. The molecule has 1 saturated carbocycles. The van der Waals surface area contributed by atoms with E-state index in [9.17, 15) is 4.79 Å². The number of hydrogen-bond donors (Lipinski definition) is 1. The molecule has 2 atom stereocenters. The third kappa shape index (κ3) is 0.692. The fourth-order valence-corrected chi connectivity index (χ4v) is 2.40. The van der Waals surface area contributed by atoms with Gasteiger partial charge in [0.2, 0.25) is 0 Å². The second-order valence-electron chi connectivity index (χ2n) is 4.02. The number of hydrogen-bond acceptors (Lipinski definition) is 2. The Labute approximate surface area is 66.0 Å². The van der Waals surface area contributed by atoms with Gasteiger partial charge in [0.1, 0.15) is 0 Å². The number of nitrogens with zero attached hydrogens (tertiary/aromatic N) is 1. The largest absolute Gasteiger partial charge is 0.481 e. The van der Waals surface area contributed by atoms with Crippen LogP contribution in [0.4, 0.5) is 0 Å². The number of carboxylic acids is 1. The molecule has 11 heavy (non-hydrogen) atoms. The smallest absolute Gasteiger partial charge is 0.310 e. The molecule has 62 valence electrons. The molecule has 0 aromatic carbocycles. The van der Waals surface area contributed by atoms with Gasteiger partial charge in [0, 0.05) is 13.1 Å². The first-order valence-electron chi connectivity index (χ1n) is 3.98. The first kappa shape index (κ1) is 7.10. The van der Waals surface area contributed by atoms with Crippen molar-refractivity contribution >= 4 is 5.97 Å². The highest BCUT2D eigenvalue weighted by atomic mass is 16.4. The summed E-state index contributed by atoms with van der Waals surface area (Å²) in [5.74, 6) is 0.232. The Balaban J connectivity index is 2.11. The van der Waals surface area contributed by atoms with Gasteiger partial charge in [-0.15, -0.1) is 0 Å². The molecule has 0 bridgehead atoms. The standard InChI is InChI=1S/C8H13NO2/c1-8(7(10)11)5-3-9(2)4-6(5)8/h5-6H,3-4H2,1-2H3,(H,10,11). The van der Waals surface area contributed by atoms with Crippen LogP contribution in [0.15, 0.2) is 0 Å². The highest BCUT2D eigenvalue weighted by molar-refractivity contribution is 5.79. The zero-order valence-corrected chi connectivity index (χ0v) is 6.87. The van der Waals surface area contributed by atoms with Crippen LogP contribution < -0.4 is 0 Å². The summed E-state index contributed by atoms with van der Waals surface area (Å²) >= 11 is 0. The van der Waals surface area contributed by atoms with Crippen molar-refractivity contribution in [1.82, 2.24) is 4.90 Å². The summed E-state index contributed by atoms with van der Waals surface area (Å²) in [5.41, 5.74) is -0.382. The highest BCUT2D eigenvalue weighted by Gasteiger charge is 2.69. The molecule has 1 N–H and O–H groups in total. The molecular formula is C8H13NO2. The van der Waals surface area contributed by atoms with E-state index in [2.05, 4.69) is 11.9 Å². The predicted octanol–water partition coefficient (Wildman–Crippen LogP) is 0.269. The monoisotopic (exact) mass is 155 g/mol. The van der Waals surface area contributed by atoms with Gasteiger partial charge in [0.15, 0.2) is 0 Å². The van der Waals surface area contributed by atoms with E-state index in [0.717, 1.165) is 13.1 Å². The summed E-state index contributed by atoms with van der Waals surface area (Å²) < 4.78 is 0. The minimum atomic E-state index is -0.611. The Morgan fingerprint density at radius 1 is 1.55 bits per heavy atom. The molecule has 3 heteroatoms. The molecule has 3 nitrogen and oxygen atoms in total. The topological polar surface area (TPSA) is 40.5 Å². The number of likely N-dealkylation sites (tertiary alicyclic amines) is 1. The molecule has 1 saturated heterocycles. The summed E-state index contributed by atoms with van der Waals surface area (Å²) in [5, 5.41) is 8.89. The lowest BCUT2D eigenvalue weighted by Gasteiger charge is -2.16. The summed E-state index contributed by atoms with van der Waals surface area (Å²) in [4.78, 5) is 13.0. The third-order valence-electron chi connectivity index (χ3n) is 3.39. The minimum Gasteiger partial charge on any atom is -0.481 e. The number of fused-ring (bicyclic) bond motifs is 1. The fraction of sp³-hybridized carbons (Fsp3) is 0.875. The maximum Gasteiger partial charge on any atom is 0.310 e. The van der Waals surface area contributed by atoms with Gasteiger partial charge in [-0.25, -0.2) is 0 Å². The van der Waals surface area contributed by atoms with Crippen molar-refractivity contribution in [3.05, 3.63) is 0 Å². The van der Waals surface area contributed by atoms with Crippen molar-refractivity contribution in [2.75, 3.05) is 20.1 Å². The molecule has 0 aromatic heterocycles. The van der Waals surface area contributed by atoms with Crippen LogP contribution in [0, 0.1) is 17.3 Å². The van der Waals surface area contributed by atoms with E-state index in [1.807, 2.05) is 6.92 Å². The molecule has 1 heterocycles. The van der Waals surface area contributed by atoms with E-state index in [-0.39, 0.29) is 5.41 Å². The molecule has 2 unspecified atom stereocenters. The van der Waals surface area contributed by atoms with Gasteiger partial charge in [0.25, 0.3) is 0 Å². The maximum atomic E-state index is 10.8. The van der Waals surface area contributed by atoms with Crippen LogP contribution in [0.5, 0.6) is 0 Å². The van der Waals surface area contributed by atoms with Crippen molar-refractivity contribution in [3.63, 3.8) is 0 Å². The Kier molecular flexibility index (Phi) is 1.15. The average molecular weight is 155 g/mol. The Morgan fingerprint density at radius 2 is 2.00 bits per heavy atom. The predicted molar refractivity (Wildman–Crippen MR) is 40.2 cm³/mol. The molecular weight excluding hydrogens is 142 g/mol. The van der Waals surface area contributed by atoms with E-state index in [0.29, 0.717) is 11.8 Å². The number of aliphatic carboxylic acids is 1. The lowest BCUT2D eigenvalue weighted by Crippen LogP contribution is -2.27. The van der Waals surface area contributed by atoms with Crippen LogP contribution in [-0.2, 0) is 4.79 Å². The SMILES string of the molecule is CN1CC2C(C1)C2(C)C(=O)O. The van der Waals surface area contributed by atoms with Gasteiger partial charge < -0.3 is 10.0 Å². The third-order valence-corrected chi connectivity index (χ3v) is 3.39. The number of carbonyl (C=O) groups is 1.